The molecule has 1 nitrogen and oxygen atoms in total. The smallest absolute Gasteiger partial charge is 0.0974 e. The molecule has 0 spiro atoms. The van der Waals surface area contributed by atoms with Crippen molar-refractivity contribution in [2.45, 2.75) is 219 Å². The molecular weight excluding hydrogens is 602 g/mol. The zero-order valence-corrected chi connectivity index (χ0v) is 33.9. The van der Waals surface area contributed by atoms with Crippen LogP contribution in [0.4, 0.5) is 0 Å². The maximum absolute atomic E-state index is 2.53. The third-order valence-corrected chi connectivity index (χ3v) is 10.8. The van der Waals surface area contributed by atoms with Gasteiger partial charge in [-0.25, -0.2) is 0 Å². The second-order valence-corrected chi connectivity index (χ2v) is 15.7. The summed E-state index contributed by atoms with van der Waals surface area (Å²) in [6, 6.07) is 10.9. The Morgan fingerprint density at radius 1 is 0.396 bits per heavy atom. The summed E-state index contributed by atoms with van der Waals surface area (Å²) in [5, 5.41) is 0. The van der Waals surface area contributed by atoms with Gasteiger partial charge in [0.1, 0.15) is 0 Å². The third kappa shape index (κ3) is 32.4. The summed E-state index contributed by atoms with van der Waals surface area (Å²) >= 11 is 0. The molecule has 0 radical (unpaired) electrons. The van der Waals surface area contributed by atoms with E-state index in [0.717, 1.165) is 0 Å². The Labute approximate surface area is 309 Å². The molecule has 0 saturated heterocycles. The van der Waals surface area contributed by atoms with Crippen LogP contribution in [0.2, 0.25) is 0 Å². The highest BCUT2D eigenvalue weighted by atomic mass is 35.5. The molecule has 0 bridgehead atoms. The van der Waals surface area contributed by atoms with Gasteiger partial charge in [0.25, 0.3) is 0 Å². The van der Waals surface area contributed by atoms with Crippen molar-refractivity contribution in [1.29, 1.82) is 0 Å². The van der Waals surface area contributed by atoms with Gasteiger partial charge in [-0.15, -0.1) is 0 Å². The Kier molecular flexibility index (Phi) is 36.8. The number of benzene rings is 1. The molecule has 0 aliphatic carbocycles. The van der Waals surface area contributed by atoms with Gasteiger partial charge in [0.05, 0.1) is 26.7 Å². The lowest BCUT2D eigenvalue weighted by Crippen LogP contribution is -3.00. The van der Waals surface area contributed by atoms with E-state index in [0.29, 0.717) is 0 Å². The van der Waals surface area contributed by atoms with Crippen LogP contribution in [0.1, 0.15) is 225 Å². The lowest BCUT2D eigenvalue weighted by Gasteiger charge is -2.34. The van der Waals surface area contributed by atoms with Gasteiger partial charge in [0, 0.05) is 0 Å². The van der Waals surface area contributed by atoms with Gasteiger partial charge in [-0.2, -0.15) is 0 Å². The second kappa shape index (κ2) is 37.5. The highest BCUT2D eigenvalue weighted by Gasteiger charge is 2.19. The Morgan fingerprint density at radius 2 is 0.667 bits per heavy atom. The zero-order valence-electron chi connectivity index (χ0n) is 33.1. The van der Waals surface area contributed by atoms with Crippen LogP contribution in [0.15, 0.2) is 36.4 Å². The first-order valence-corrected chi connectivity index (χ1v) is 21.8. The Bertz CT molecular complexity index is 723. The van der Waals surface area contributed by atoms with Crippen LogP contribution < -0.4 is 12.4 Å². The minimum absolute atomic E-state index is 0. The fraction of sp³-hybridized carbons (Fsp3) is 0.826. The molecule has 0 heterocycles. The van der Waals surface area contributed by atoms with Crippen LogP contribution in [0.5, 0.6) is 0 Å². The van der Waals surface area contributed by atoms with Gasteiger partial charge in [-0.3, -0.25) is 0 Å². The van der Waals surface area contributed by atoms with Gasteiger partial charge in [0.15, 0.2) is 0 Å². The van der Waals surface area contributed by atoms with Gasteiger partial charge >= 0.3 is 0 Å². The lowest BCUT2D eigenvalue weighted by molar-refractivity contribution is -0.904. The van der Waals surface area contributed by atoms with Gasteiger partial charge < -0.3 is 16.9 Å². The molecule has 1 rings (SSSR count). The number of hydrogen-bond donors (Lipinski definition) is 0. The Morgan fingerprint density at radius 3 is 0.958 bits per heavy atom. The number of halogens is 1. The van der Waals surface area contributed by atoms with E-state index in [1.165, 1.54) is 235 Å². The van der Waals surface area contributed by atoms with Crippen molar-refractivity contribution >= 4 is 6.08 Å². The molecule has 0 amide bonds. The van der Waals surface area contributed by atoms with E-state index in [1.807, 2.05) is 0 Å². The van der Waals surface area contributed by atoms with E-state index >= 15 is 0 Å². The first-order chi connectivity index (χ1) is 23.2. The van der Waals surface area contributed by atoms with Crippen molar-refractivity contribution < 1.29 is 16.9 Å². The predicted octanol–water partition coefficient (Wildman–Crippen LogP) is 12.7. The molecule has 0 aromatic heterocycles. The number of unbranched alkanes of at least 4 members (excludes halogenated alkanes) is 30. The fourth-order valence-corrected chi connectivity index (χ4v) is 7.39. The van der Waals surface area contributed by atoms with Crippen molar-refractivity contribution in [3.05, 3.63) is 42.0 Å². The minimum atomic E-state index is 0. The molecule has 0 aliphatic heterocycles. The number of likely N-dealkylation sites (N-methyl/N-ethyl adjacent to an activating group) is 1. The second-order valence-electron chi connectivity index (χ2n) is 15.7. The molecule has 48 heavy (non-hydrogen) atoms. The lowest BCUT2D eigenvalue weighted by atomic mass is 10.0. The van der Waals surface area contributed by atoms with Crippen molar-refractivity contribution in [2.75, 3.05) is 26.7 Å². The summed E-state index contributed by atoms with van der Waals surface area (Å²) in [6.07, 6.45) is 51.2. The summed E-state index contributed by atoms with van der Waals surface area (Å²) in [7, 11) is 2.53. The quantitative estimate of drug-likeness (QED) is 0.0482. The topological polar surface area (TPSA) is 0 Å². The number of rotatable bonds is 37. The molecule has 0 aliphatic rings. The minimum Gasteiger partial charge on any atom is -1.00 e. The van der Waals surface area contributed by atoms with Crippen LogP contribution >= 0.6 is 0 Å². The third-order valence-electron chi connectivity index (χ3n) is 10.8. The molecule has 282 valence electrons. The normalized spacial score (nSPS) is 11.8. The molecule has 0 atom stereocenters. The van der Waals surface area contributed by atoms with Crippen LogP contribution in [0.25, 0.3) is 6.08 Å². The van der Waals surface area contributed by atoms with Crippen molar-refractivity contribution in [3.63, 3.8) is 0 Å². The monoisotopic (exact) mass is 688 g/mol. The zero-order chi connectivity index (χ0) is 33.8. The highest BCUT2D eigenvalue weighted by molar-refractivity contribution is 5.48. The van der Waals surface area contributed by atoms with E-state index in [-0.39, 0.29) is 12.4 Å². The first kappa shape index (κ1) is 47.2. The maximum Gasteiger partial charge on any atom is 0.0974 e. The molecule has 0 fully saturated rings. The predicted molar refractivity (Wildman–Crippen MR) is 215 cm³/mol. The standard InChI is InChI=1S/C46H86N.ClH/c1-4-6-8-10-12-14-16-18-20-22-24-26-28-30-32-37-43-47(3,45-39-42-46-40-35-34-36-41-46)44-38-33-31-29-27-25-23-21-19-17-15-13-11-9-7-5-2;/h34-36,39-42H,4-33,37-38,43-45H2,1-3H3;1H/q+1;/p-1. The molecule has 2 heteroatoms. The summed E-state index contributed by atoms with van der Waals surface area (Å²) < 4.78 is 1.22. The van der Waals surface area contributed by atoms with Crippen LogP contribution in [0.3, 0.4) is 0 Å². The maximum atomic E-state index is 2.53. The van der Waals surface area contributed by atoms with Crippen LogP contribution in [-0.2, 0) is 0 Å². The van der Waals surface area contributed by atoms with Crippen LogP contribution in [-0.4, -0.2) is 31.2 Å². The summed E-state index contributed by atoms with van der Waals surface area (Å²) in [4.78, 5) is 0. The van der Waals surface area contributed by atoms with Gasteiger partial charge in [-0.05, 0) is 37.3 Å². The fourth-order valence-electron chi connectivity index (χ4n) is 7.39. The molecule has 0 N–H and O–H groups in total. The van der Waals surface area contributed by atoms with E-state index in [4.69, 9.17) is 0 Å². The van der Waals surface area contributed by atoms with Crippen LogP contribution in [0, 0.1) is 0 Å². The SMILES string of the molecule is CCCCCCCCCCCCCCCCCC[N+](C)(CC=Cc1ccccc1)CCCCCCCCCCCCCCCCCC.[Cl-]. The average molecular weight is 689 g/mol. The number of nitrogens with zero attached hydrogens (tertiary/aromatic N) is 1. The van der Waals surface area contributed by atoms with Crippen molar-refractivity contribution in [2.24, 2.45) is 0 Å². The average Bonchev–Trinajstić information content (AvgIpc) is 3.08. The van der Waals surface area contributed by atoms with Crippen molar-refractivity contribution in [3.8, 4) is 0 Å². The summed E-state index contributed by atoms with van der Waals surface area (Å²) in [5.74, 6) is 0. The largest absolute Gasteiger partial charge is 1.00 e. The molecular formula is C46H86ClN. The summed E-state index contributed by atoms with van der Waals surface area (Å²) in [5.41, 5.74) is 1.34. The molecule has 0 unspecified atom stereocenters. The van der Waals surface area contributed by atoms with E-state index in [1.54, 1.807) is 0 Å². The number of hydrogen-bond acceptors (Lipinski definition) is 0. The van der Waals surface area contributed by atoms with Gasteiger partial charge in [0.2, 0.25) is 0 Å². The Balaban J connectivity index is 0.0000221. The first-order valence-electron chi connectivity index (χ1n) is 21.8. The highest BCUT2D eigenvalue weighted by Crippen LogP contribution is 2.18. The van der Waals surface area contributed by atoms with E-state index in [9.17, 15) is 0 Å². The van der Waals surface area contributed by atoms with E-state index < -0.39 is 0 Å². The molecule has 1 aromatic carbocycles. The summed E-state index contributed by atoms with van der Waals surface area (Å²) in [6.45, 7) is 8.48. The van der Waals surface area contributed by atoms with E-state index in [2.05, 4.69) is 63.4 Å². The number of quaternary nitrogens is 1. The van der Waals surface area contributed by atoms with Gasteiger partial charge in [-0.1, -0.05) is 230 Å². The molecule has 0 saturated carbocycles. The van der Waals surface area contributed by atoms with Crippen molar-refractivity contribution in [1.82, 2.24) is 0 Å². The Hall–Kier alpha value is -0.790. The molecule has 1 aromatic rings.